The van der Waals surface area contributed by atoms with Crippen LogP contribution in [0.4, 0.5) is 5.82 Å². The maximum atomic E-state index is 12.7. The topological polar surface area (TPSA) is 96.2 Å². The predicted octanol–water partition coefficient (Wildman–Crippen LogP) is 4.05. The zero-order valence-electron chi connectivity index (χ0n) is 18.0. The maximum absolute atomic E-state index is 12.7. The Morgan fingerprint density at radius 1 is 1.00 bits per heavy atom. The number of aromatic nitrogens is 2. The lowest BCUT2D eigenvalue weighted by molar-refractivity contribution is -0.143. The Balaban J connectivity index is 1.51. The van der Waals surface area contributed by atoms with Crippen molar-refractivity contribution in [2.24, 2.45) is 0 Å². The first kappa shape index (κ1) is 20.7. The number of aliphatic carboxylic acids is 1. The smallest absolute Gasteiger partial charge is 0.325 e. The molecule has 33 heavy (non-hydrogen) atoms. The van der Waals surface area contributed by atoms with E-state index < -0.39 is 12.0 Å². The molecule has 0 unspecified atom stereocenters. The average molecular weight is 438 g/mol. The normalized spacial score (nSPS) is 15.3. The SMILES string of the molecule is N#Cc1cccnc1N1CCN([C@H](C(=O)O)c2c(-c3ccccc3)[nH]c3ccccc23)CC1. The zero-order chi connectivity index (χ0) is 22.8. The summed E-state index contributed by atoms with van der Waals surface area (Å²) in [5.41, 5.74) is 4.03. The van der Waals surface area contributed by atoms with Gasteiger partial charge in [0.2, 0.25) is 0 Å². The van der Waals surface area contributed by atoms with Crippen molar-refractivity contribution in [3.63, 3.8) is 0 Å². The second-order valence-corrected chi connectivity index (χ2v) is 8.08. The Kier molecular flexibility index (Phi) is 5.51. The number of nitriles is 1. The molecule has 7 heteroatoms. The predicted molar refractivity (Wildman–Crippen MR) is 127 cm³/mol. The minimum atomic E-state index is -0.874. The van der Waals surface area contributed by atoms with Gasteiger partial charge >= 0.3 is 5.97 Å². The van der Waals surface area contributed by atoms with Crippen LogP contribution in [-0.4, -0.2) is 52.1 Å². The van der Waals surface area contributed by atoms with E-state index in [1.165, 1.54) is 0 Å². The molecule has 0 bridgehead atoms. The lowest BCUT2D eigenvalue weighted by atomic mass is 9.97. The Labute approximate surface area is 191 Å². The molecule has 2 aromatic carbocycles. The molecule has 1 fully saturated rings. The van der Waals surface area contributed by atoms with E-state index in [1.807, 2.05) is 59.5 Å². The summed E-state index contributed by atoms with van der Waals surface area (Å²) in [6, 6.07) is 22.6. The third kappa shape index (κ3) is 3.81. The minimum Gasteiger partial charge on any atom is -0.480 e. The molecule has 5 rings (SSSR count). The third-order valence-corrected chi connectivity index (χ3v) is 6.20. The second-order valence-electron chi connectivity index (χ2n) is 8.08. The van der Waals surface area contributed by atoms with E-state index in [9.17, 15) is 15.2 Å². The number of pyridine rings is 1. The van der Waals surface area contributed by atoms with Crippen LogP contribution in [-0.2, 0) is 4.79 Å². The highest BCUT2D eigenvalue weighted by Crippen LogP contribution is 2.38. The van der Waals surface area contributed by atoms with Gasteiger partial charge in [-0.1, -0.05) is 48.5 Å². The molecule has 1 aliphatic heterocycles. The summed E-state index contributed by atoms with van der Waals surface area (Å²) in [6.07, 6.45) is 1.68. The molecule has 1 saturated heterocycles. The fourth-order valence-electron chi connectivity index (χ4n) is 4.67. The second kappa shape index (κ2) is 8.77. The number of H-pyrrole nitrogens is 1. The number of hydrogen-bond acceptors (Lipinski definition) is 5. The Morgan fingerprint density at radius 3 is 2.45 bits per heavy atom. The van der Waals surface area contributed by atoms with Crippen LogP contribution in [0.5, 0.6) is 0 Å². The molecule has 1 aliphatic rings. The number of benzene rings is 2. The largest absolute Gasteiger partial charge is 0.480 e. The van der Waals surface area contributed by atoms with Gasteiger partial charge < -0.3 is 15.0 Å². The van der Waals surface area contributed by atoms with Crippen molar-refractivity contribution in [3.05, 3.63) is 84.1 Å². The molecule has 0 saturated carbocycles. The first-order valence-electron chi connectivity index (χ1n) is 10.9. The number of aromatic amines is 1. The third-order valence-electron chi connectivity index (χ3n) is 6.20. The fraction of sp³-hybridized carbons (Fsp3) is 0.192. The lowest BCUT2D eigenvalue weighted by Crippen LogP contribution is -2.49. The summed E-state index contributed by atoms with van der Waals surface area (Å²) in [4.78, 5) is 24.6. The monoisotopic (exact) mass is 437 g/mol. The molecule has 0 spiro atoms. The number of piperazine rings is 1. The highest BCUT2D eigenvalue weighted by molar-refractivity contribution is 5.95. The average Bonchev–Trinajstić information content (AvgIpc) is 3.24. The summed E-state index contributed by atoms with van der Waals surface area (Å²) in [6.45, 7) is 2.29. The molecule has 0 aliphatic carbocycles. The summed E-state index contributed by atoms with van der Waals surface area (Å²) < 4.78 is 0. The number of fused-ring (bicyclic) bond motifs is 1. The van der Waals surface area contributed by atoms with Crippen molar-refractivity contribution in [1.29, 1.82) is 5.26 Å². The molecule has 1 atom stereocenters. The van der Waals surface area contributed by atoms with Gasteiger partial charge in [-0.2, -0.15) is 5.26 Å². The summed E-state index contributed by atoms with van der Waals surface area (Å²) in [5.74, 6) is -0.218. The van der Waals surface area contributed by atoms with E-state index in [-0.39, 0.29) is 0 Å². The minimum absolute atomic E-state index is 0.531. The fourth-order valence-corrected chi connectivity index (χ4v) is 4.67. The van der Waals surface area contributed by atoms with Crippen molar-refractivity contribution < 1.29 is 9.90 Å². The van der Waals surface area contributed by atoms with Gasteiger partial charge in [-0.25, -0.2) is 4.98 Å². The number of carbonyl (C=O) groups is 1. The van der Waals surface area contributed by atoms with Crippen LogP contribution in [0.25, 0.3) is 22.2 Å². The van der Waals surface area contributed by atoms with E-state index in [4.69, 9.17) is 0 Å². The van der Waals surface area contributed by atoms with Gasteiger partial charge in [-0.15, -0.1) is 0 Å². The van der Waals surface area contributed by atoms with Crippen molar-refractivity contribution in [3.8, 4) is 17.3 Å². The van der Waals surface area contributed by atoms with Gasteiger partial charge in [0, 0.05) is 48.8 Å². The number of nitrogens with one attached hydrogen (secondary N) is 1. The van der Waals surface area contributed by atoms with Crippen molar-refractivity contribution >= 4 is 22.7 Å². The summed E-state index contributed by atoms with van der Waals surface area (Å²) >= 11 is 0. The van der Waals surface area contributed by atoms with Crippen LogP contribution in [0.2, 0.25) is 0 Å². The van der Waals surface area contributed by atoms with E-state index in [1.54, 1.807) is 18.3 Å². The Morgan fingerprint density at radius 2 is 1.73 bits per heavy atom. The van der Waals surface area contributed by atoms with Crippen LogP contribution in [0.3, 0.4) is 0 Å². The van der Waals surface area contributed by atoms with E-state index >= 15 is 0 Å². The number of hydrogen-bond donors (Lipinski definition) is 2. The number of rotatable bonds is 5. The van der Waals surface area contributed by atoms with Crippen molar-refractivity contribution in [2.75, 3.05) is 31.1 Å². The molecule has 164 valence electrons. The lowest BCUT2D eigenvalue weighted by Gasteiger charge is -2.38. The number of nitrogens with zero attached hydrogens (tertiary/aromatic N) is 4. The van der Waals surface area contributed by atoms with Gasteiger partial charge in [0.15, 0.2) is 0 Å². The molecule has 3 heterocycles. The highest BCUT2D eigenvalue weighted by atomic mass is 16.4. The van der Waals surface area contributed by atoms with Crippen molar-refractivity contribution in [2.45, 2.75) is 6.04 Å². The van der Waals surface area contributed by atoms with Crippen LogP contribution < -0.4 is 4.90 Å². The summed E-state index contributed by atoms with van der Waals surface area (Å²) in [7, 11) is 0. The van der Waals surface area contributed by atoms with Gasteiger partial charge in [-0.3, -0.25) is 9.69 Å². The molecule has 2 N–H and O–H groups in total. The molecular formula is C26H23N5O2. The van der Waals surface area contributed by atoms with Gasteiger partial charge in [0.25, 0.3) is 0 Å². The first-order valence-corrected chi connectivity index (χ1v) is 10.9. The number of carboxylic acids is 1. The van der Waals surface area contributed by atoms with E-state index in [0.717, 1.165) is 27.7 Å². The van der Waals surface area contributed by atoms with Gasteiger partial charge in [-0.05, 0) is 23.8 Å². The van der Waals surface area contributed by atoms with E-state index in [0.29, 0.717) is 37.6 Å². The zero-order valence-corrected chi connectivity index (χ0v) is 18.0. The Bertz CT molecular complexity index is 1330. The number of carboxylic acid groups (broad SMARTS) is 1. The molecule has 0 radical (unpaired) electrons. The van der Waals surface area contributed by atoms with Crippen molar-refractivity contribution in [1.82, 2.24) is 14.9 Å². The highest BCUT2D eigenvalue weighted by Gasteiger charge is 2.35. The van der Waals surface area contributed by atoms with Crippen LogP contribution in [0, 0.1) is 11.3 Å². The van der Waals surface area contributed by atoms with Gasteiger partial charge in [0.05, 0.1) is 11.3 Å². The molecule has 7 nitrogen and oxygen atoms in total. The first-order chi connectivity index (χ1) is 16.2. The van der Waals surface area contributed by atoms with Crippen LogP contribution in [0.15, 0.2) is 72.9 Å². The van der Waals surface area contributed by atoms with Gasteiger partial charge in [0.1, 0.15) is 17.9 Å². The standard InChI is InChI=1S/C26H23N5O2/c27-17-19-9-6-12-28-25(19)31-15-13-30(14-16-31)24(26(32)33)22-20-10-4-5-11-21(20)29-23(22)18-7-2-1-3-8-18/h1-12,24,29H,13-16H2,(H,32,33)/t24-/m0/s1. The number of para-hydroxylation sites is 1. The quantitative estimate of drug-likeness (QED) is 0.489. The number of anilines is 1. The van der Waals surface area contributed by atoms with Crippen LogP contribution in [0.1, 0.15) is 17.2 Å². The maximum Gasteiger partial charge on any atom is 0.325 e. The van der Waals surface area contributed by atoms with Crippen LogP contribution >= 0.6 is 0 Å². The Hall–Kier alpha value is -4.15. The molecular weight excluding hydrogens is 414 g/mol. The molecule has 2 aromatic heterocycles. The molecule has 4 aromatic rings. The summed E-state index contributed by atoms with van der Waals surface area (Å²) in [5, 5.41) is 20.7. The molecule has 0 amide bonds. The van der Waals surface area contributed by atoms with E-state index in [2.05, 4.69) is 20.9 Å².